The number of carbonyl (C=O) groups excluding carboxylic acids is 1. The van der Waals surface area contributed by atoms with E-state index < -0.39 is 0 Å². The summed E-state index contributed by atoms with van der Waals surface area (Å²) < 4.78 is 5.66. The number of nitrogens with zero attached hydrogens (tertiary/aromatic N) is 2. The molecule has 0 radical (unpaired) electrons. The van der Waals surface area contributed by atoms with Gasteiger partial charge >= 0.3 is 0 Å². The van der Waals surface area contributed by atoms with Gasteiger partial charge in [-0.15, -0.1) is 11.3 Å². The molecule has 0 bridgehead atoms. The number of para-hydroxylation sites is 1. The van der Waals surface area contributed by atoms with Gasteiger partial charge in [0.15, 0.2) is 0 Å². The summed E-state index contributed by atoms with van der Waals surface area (Å²) in [7, 11) is 1.79. The molecule has 0 N–H and O–H groups in total. The van der Waals surface area contributed by atoms with Crippen molar-refractivity contribution in [3.63, 3.8) is 0 Å². The van der Waals surface area contributed by atoms with Crippen molar-refractivity contribution in [1.82, 2.24) is 9.88 Å². The molecule has 2 aromatic carbocycles. The summed E-state index contributed by atoms with van der Waals surface area (Å²) in [5, 5.41) is 2.60. The van der Waals surface area contributed by atoms with Crippen LogP contribution in [0.25, 0.3) is 10.6 Å². The fourth-order valence-electron chi connectivity index (χ4n) is 2.54. The zero-order valence-corrected chi connectivity index (χ0v) is 15.1. The molecule has 0 fully saturated rings. The standard InChI is InChI=1S/C20H20N2O2S/c1-3-24-18-12-8-7-11-16(18)19-21-17(14-25-19)20(23)22(2)13-15-9-5-4-6-10-15/h4-12,14H,3,13H2,1-2H3. The number of thiazole rings is 1. The van der Waals surface area contributed by atoms with E-state index >= 15 is 0 Å². The summed E-state index contributed by atoms with van der Waals surface area (Å²) in [6, 6.07) is 17.7. The molecule has 0 aliphatic heterocycles. The normalized spacial score (nSPS) is 10.5. The summed E-state index contributed by atoms with van der Waals surface area (Å²) in [6.45, 7) is 3.10. The predicted molar refractivity (Wildman–Crippen MR) is 101 cm³/mol. The maximum Gasteiger partial charge on any atom is 0.273 e. The summed E-state index contributed by atoms with van der Waals surface area (Å²) >= 11 is 1.46. The number of benzene rings is 2. The van der Waals surface area contributed by atoms with Crippen LogP contribution in [0.1, 0.15) is 23.0 Å². The van der Waals surface area contributed by atoms with Gasteiger partial charge in [0.1, 0.15) is 16.5 Å². The zero-order chi connectivity index (χ0) is 17.6. The molecule has 0 aliphatic carbocycles. The van der Waals surface area contributed by atoms with Gasteiger partial charge in [-0.2, -0.15) is 0 Å². The summed E-state index contributed by atoms with van der Waals surface area (Å²) in [5.74, 6) is 0.705. The molecule has 0 saturated carbocycles. The lowest BCUT2D eigenvalue weighted by Gasteiger charge is -2.15. The van der Waals surface area contributed by atoms with E-state index in [-0.39, 0.29) is 5.91 Å². The minimum absolute atomic E-state index is 0.0831. The van der Waals surface area contributed by atoms with E-state index in [2.05, 4.69) is 4.98 Å². The molecule has 0 aliphatic rings. The molecule has 4 nitrogen and oxygen atoms in total. The molecule has 5 heteroatoms. The molecule has 0 spiro atoms. The first-order chi connectivity index (χ1) is 12.2. The van der Waals surface area contributed by atoms with Crippen molar-refractivity contribution in [2.45, 2.75) is 13.5 Å². The predicted octanol–water partition coefficient (Wildman–Crippen LogP) is 4.48. The Kier molecular flexibility index (Phi) is 5.46. The number of rotatable bonds is 6. The Labute approximate surface area is 151 Å². The van der Waals surface area contributed by atoms with Gasteiger partial charge in [0, 0.05) is 19.0 Å². The third-order valence-electron chi connectivity index (χ3n) is 3.75. The molecule has 128 valence electrons. The van der Waals surface area contributed by atoms with E-state index in [1.165, 1.54) is 11.3 Å². The molecule has 0 unspecified atom stereocenters. The quantitative estimate of drug-likeness (QED) is 0.657. The summed E-state index contributed by atoms with van der Waals surface area (Å²) in [6.07, 6.45) is 0. The Morgan fingerprint density at radius 1 is 1.12 bits per heavy atom. The summed E-state index contributed by atoms with van der Waals surface area (Å²) in [4.78, 5) is 18.9. The third-order valence-corrected chi connectivity index (χ3v) is 4.63. The molecule has 3 aromatic rings. The molecule has 1 amide bonds. The first kappa shape index (κ1) is 17.2. The Balaban J connectivity index is 1.78. The van der Waals surface area contributed by atoms with Crippen LogP contribution in [0.4, 0.5) is 0 Å². The molecule has 3 rings (SSSR count). The van der Waals surface area contributed by atoms with Crippen LogP contribution in [-0.2, 0) is 6.54 Å². The number of amides is 1. The molecule has 0 atom stereocenters. The van der Waals surface area contributed by atoms with Gasteiger partial charge in [0.25, 0.3) is 5.91 Å². The monoisotopic (exact) mass is 352 g/mol. The number of hydrogen-bond donors (Lipinski definition) is 0. The molecular weight excluding hydrogens is 332 g/mol. The second kappa shape index (κ2) is 7.94. The highest BCUT2D eigenvalue weighted by Gasteiger charge is 2.17. The van der Waals surface area contributed by atoms with Crippen LogP contribution in [-0.4, -0.2) is 29.4 Å². The Morgan fingerprint density at radius 2 is 1.84 bits per heavy atom. The molecule has 1 aromatic heterocycles. The van der Waals surface area contributed by atoms with Crippen LogP contribution >= 0.6 is 11.3 Å². The van der Waals surface area contributed by atoms with E-state index in [1.807, 2.05) is 66.9 Å². The first-order valence-electron chi connectivity index (χ1n) is 8.16. The van der Waals surface area contributed by atoms with Crippen molar-refractivity contribution in [1.29, 1.82) is 0 Å². The molecule has 0 saturated heterocycles. The van der Waals surface area contributed by atoms with E-state index in [0.717, 1.165) is 21.9 Å². The topological polar surface area (TPSA) is 42.4 Å². The maximum atomic E-state index is 12.6. The lowest BCUT2D eigenvalue weighted by Crippen LogP contribution is -2.26. The number of hydrogen-bond acceptors (Lipinski definition) is 4. The zero-order valence-electron chi connectivity index (χ0n) is 14.3. The van der Waals surface area contributed by atoms with Crippen molar-refractivity contribution < 1.29 is 9.53 Å². The average molecular weight is 352 g/mol. The number of aromatic nitrogens is 1. The SMILES string of the molecule is CCOc1ccccc1-c1nc(C(=O)N(C)Cc2ccccc2)cs1. The smallest absolute Gasteiger partial charge is 0.273 e. The van der Waals surface area contributed by atoms with E-state index in [1.54, 1.807) is 11.9 Å². The fraction of sp³-hybridized carbons (Fsp3) is 0.200. The van der Waals surface area contributed by atoms with E-state index in [9.17, 15) is 4.79 Å². The summed E-state index contributed by atoms with van der Waals surface area (Å²) in [5.41, 5.74) is 2.47. The maximum absolute atomic E-state index is 12.6. The largest absolute Gasteiger partial charge is 0.493 e. The lowest BCUT2D eigenvalue weighted by atomic mass is 10.2. The second-order valence-electron chi connectivity index (χ2n) is 5.61. The van der Waals surface area contributed by atoms with Crippen LogP contribution in [0.3, 0.4) is 0 Å². The van der Waals surface area contributed by atoms with Gasteiger partial charge in [-0.05, 0) is 24.6 Å². The van der Waals surface area contributed by atoms with Crippen molar-refractivity contribution in [3.05, 3.63) is 71.2 Å². The van der Waals surface area contributed by atoms with Gasteiger partial charge in [0.05, 0.1) is 12.2 Å². The van der Waals surface area contributed by atoms with Gasteiger partial charge in [-0.25, -0.2) is 4.98 Å². The van der Waals surface area contributed by atoms with Crippen LogP contribution < -0.4 is 4.74 Å². The Morgan fingerprint density at radius 3 is 2.60 bits per heavy atom. The van der Waals surface area contributed by atoms with Crippen molar-refractivity contribution in [2.24, 2.45) is 0 Å². The lowest BCUT2D eigenvalue weighted by molar-refractivity contribution is 0.0780. The van der Waals surface area contributed by atoms with Gasteiger partial charge in [0.2, 0.25) is 0 Å². The number of carbonyl (C=O) groups is 1. The van der Waals surface area contributed by atoms with E-state index in [0.29, 0.717) is 18.8 Å². The van der Waals surface area contributed by atoms with Crippen molar-refractivity contribution in [2.75, 3.05) is 13.7 Å². The minimum atomic E-state index is -0.0831. The van der Waals surface area contributed by atoms with Gasteiger partial charge in [-0.3, -0.25) is 4.79 Å². The fourth-order valence-corrected chi connectivity index (χ4v) is 3.37. The van der Waals surface area contributed by atoms with Crippen LogP contribution in [0.15, 0.2) is 60.0 Å². The van der Waals surface area contributed by atoms with E-state index in [4.69, 9.17) is 4.74 Å². The highest BCUT2D eigenvalue weighted by Crippen LogP contribution is 2.32. The molecular formula is C20H20N2O2S. The minimum Gasteiger partial charge on any atom is -0.493 e. The molecule has 1 heterocycles. The third kappa shape index (κ3) is 4.06. The van der Waals surface area contributed by atoms with Crippen molar-refractivity contribution in [3.8, 4) is 16.3 Å². The van der Waals surface area contributed by atoms with Gasteiger partial charge < -0.3 is 9.64 Å². The molecule has 25 heavy (non-hydrogen) atoms. The Hall–Kier alpha value is -2.66. The van der Waals surface area contributed by atoms with Crippen LogP contribution in [0.5, 0.6) is 5.75 Å². The van der Waals surface area contributed by atoms with Crippen molar-refractivity contribution >= 4 is 17.2 Å². The second-order valence-corrected chi connectivity index (χ2v) is 6.47. The highest BCUT2D eigenvalue weighted by atomic mass is 32.1. The Bertz CT molecular complexity index is 846. The van der Waals surface area contributed by atoms with Crippen LogP contribution in [0.2, 0.25) is 0 Å². The average Bonchev–Trinajstić information content (AvgIpc) is 3.12. The number of ether oxygens (including phenoxy) is 1. The first-order valence-corrected chi connectivity index (χ1v) is 9.04. The van der Waals surface area contributed by atoms with Gasteiger partial charge in [-0.1, -0.05) is 42.5 Å². The highest BCUT2D eigenvalue weighted by molar-refractivity contribution is 7.13. The van der Waals surface area contributed by atoms with Crippen LogP contribution in [0, 0.1) is 0 Å².